The highest BCUT2D eigenvalue weighted by molar-refractivity contribution is 7.87. The molecule has 0 aliphatic rings. The molecule has 0 radical (unpaired) electrons. The van der Waals surface area contributed by atoms with Crippen molar-refractivity contribution in [3.8, 4) is 0 Å². The van der Waals surface area contributed by atoms with Crippen molar-refractivity contribution in [2.45, 2.75) is 46.6 Å². The van der Waals surface area contributed by atoms with E-state index in [0.717, 1.165) is 12.8 Å². The highest BCUT2D eigenvalue weighted by atomic mass is 32.2. The van der Waals surface area contributed by atoms with Crippen molar-refractivity contribution >= 4 is 16.2 Å². The zero-order chi connectivity index (χ0) is 15.1. The highest BCUT2D eigenvalue weighted by Gasteiger charge is 2.31. The third-order valence-electron chi connectivity index (χ3n) is 2.68. The Bertz CT molecular complexity index is 362. The number of hydrogen-bond donors (Lipinski definition) is 1. The lowest BCUT2D eigenvalue weighted by Gasteiger charge is -2.26. The molecule has 7 heteroatoms. The zero-order valence-corrected chi connectivity index (χ0v) is 13.3. The van der Waals surface area contributed by atoms with E-state index < -0.39 is 22.2 Å². The molecule has 0 bridgehead atoms. The smallest absolute Gasteiger partial charge is 0.324 e. The molecule has 0 amide bonds. The number of esters is 1. The summed E-state index contributed by atoms with van der Waals surface area (Å²) in [5.74, 6) is -0.737. The second-order valence-corrected chi connectivity index (χ2v) is 6.47. The fourth-order valence-electron chi connectivity index (χ4n) is 1.67. The fourth-order valence-corrected chi connectivity index (χ4v) is 3.35. The Morgan fingerprint density at radius 1 is 1.21 bits per heavy atom. The second-order valence-electron chi connectivity index (χ2n) is 4.77. The molecule has 1 N–H and O–H groups in total. The molecule has 1 unspecified atom stereocenters. The summed E-state index contributed by atoms with van der Waals surface area (Å²) in [6, 6.07) is -0.855. The molecule has 0 saturated carbocycles. The molecule has 6 nitrogen and oxygen atoms in total. The predicted molar refractivity (Wildman–Crippen MR) is 74.9 cm³/mol. The van der Waals surface area contributed by atoms with Gasteiger partial charge in [0, 0.05) is 13.1 Å². The van der Waals surface area contributed by atoms with Crippen LogP contribution < -0.4 is 4.72 Å². The van der Waals surface area contributed by atoms with Crippen LogP contribution in [-0.4, -0.2) is 44.9 Å². The van der Waals surface area contributed by atoms with E-state index in [1.165, 1.54) is 11.4 Å². The molecular formula is C12H26N2O4S. The van der Waals surface area contributed by atoms with Crippen molar-refractivity contribution in [2.75, 3.05) is 20.2 Å². The second kappa shape index (κ2) is 8.50. The first-order valence-electron chi connectivity index (χ1n) is 6.65. The van der Waals surface area contributed by atoms with Crippen molar-refractivity contribution in [1.29, 1.82) is 0 Å². The van der Waals surface area contributed by atoms with E-state index in [0.29, 0.717) is 13.1 Å². The van der Waals surface area contributed by atoms with Crippen molar-refractivity contribution in [1.82, 2.24) is 9.03 Å². The van der Waals surface area contributed by atoms with Gasteiger partial charge in [0.1, 0.15) is 6.04 Å². The minimum Gasteiger partial charge on any atom is -0.468 e. The Morgan fingerprint density at radius 2 is 1.68 bits per heavy atom. The maximum atomic E-state index is 12.3. The van der Waals surface area contributed by atoms with Gasteiger partial charge in [-0.2, -0.15) is 17.4 Å². The maximum absolute atomic E-state index is 12.3. The summed E-state index contributed by atoms with van der Waals surface area (Å²) in [6.07, 6.45) is 1.46. The maximum Gasteiger partial charge on any atom is 0.324 e. The van der Waals surface area contributed by atoms with Crippen molar-refractivity contribution < 1.29 is 17.9 Å². The predicted octanol–water partition coefficient (Wildman–Crippen LogP) is 1.14. The molecule has 19 heavy (non-hydrogen) atoms. The molecule has 114 valence electrons. The number of nitrogens with one attached hydrogen (secondary N) is 1. The Labute approximate surface area is 116 Å². The number of rotatable bonds is 9. The van der Waals surface area contributed by atoms with E-state index in [1.807, 2.05) is 13.8 Å². The van der Waals surface area contributed by atoms with Gasteiger partial charge in [-0.25, -0.2) is 0 Å². The Kier molecular flexibility index (Phi) is 8.20. The quantitative estimate of drug-likeness (QED) is 0.647. The molecule has 1 atom stereocenters. The van der Waals surface area contributed by atoms with Crippen LogP contribution in [0.15, 0.2) is 0 Å². The molecule has 0 aromatic rings. The summed E-state index contributed by atoms with van der Waals surface area (Å²) in [6.45, 7) is 8.25. The summed E-state index contributed by atoms with van der Waals surface area (Å²) >= 11 is 0. The van der Waals surface area contributed by atoms with Gasteiger partial charge in [-0.15, -0.1) is 0 Å². The molecule has 0 aromatic heterocycles. The molecule has 0 heterocycles. The number of nitrogens with zero attached hydrogens (tertiary/aromatic N) is 1. The molecule has 0 aliphatic heterocycles. The number of carbonyl (C=O) groups excluding carboxylic acids is 1. The summed E-state index contributed by atoms with van der Waals surface area (Å²) in [4.78, 5) is 11.6. The summed E-state index contributed by atoms with van der Waals surface area (Å²) in [7, 11) is -2.41. The van der Waals surface area contributed by atoms with E-state index in [9.17, 15) is 13.2 Å². The summed E-state index contributed by atoms with van der Waals surface area (Å²) in [5, 5.41) is 0. The van der Waals surface area contributed by atoms with Gasteiger partial charge in [-0.3, -0.25) is 4.79 Å². The minimum absolute atomic E-state index is 0.174. The van der Waals surface area contributed by atoms with Crippen LogP contribution in [0.25, 0.3) is 0 Å². The van der Waals surface area contributed by atoms with Crippen molar-refractivity contribution in [3.63, 3.8) is 0 Å². The Hall–Kier alpha value is -0.660. The largest absolute Gasteiger partial charge is 0.468 e. The van der Waals surface area contributed by atoms with Crippen LogP contribution in [0.2, 0.25) is 0 Å². The number of methoxy groups -OCH3 is 1. The SMILES string of the molecule is CCCN(CCC)S(=O)(=O)NC(C(=O)OC)C(C)C. The third kappa shape index (κ3) is 5.88. The van der Waals surface area contributed by atoms with E-state index >= 15 is 0 Å². The molecule has 0 rings (SSSR count). The van der Waals surface area contributed by atoms with Crippen molar-refractivity contribution in [3.05, 3.63) is 0 Å². The van der Waals surface area contributed by atoms with Gasteiger partial charge in [0.2, 0.25) is 0 Å². The van der Waals surface area contributed by atoms with Crippen LogP contribution >= 0.6 is 0 Å². The van der Waals surface area contributed by atoms with Crippen LogP contribution in [0.3, 0.4) is 0 Å². The molecule has 0 spiro atoms. The van der Waals surface area contributed by atoms with Gasteiger partial charge in [0.15, 0.2) is 0 Å². The van der Waals surface area contributed by atoms with Crippen LogP contribution in [0.4, 0.5) is 0 Å². The topological polar surface area (TPSA) is 75.7 Å². The molecule has 0 aromatic carbocycles. The average molecular weight is 294 g/mol. The van der Waals surface area contributed by atoms with Gasteiger partial charge in [-0.05, 0) is 18.8 Å². The normalized spacial score (nSPS) is 13.8. The van der Waals surface area contributed by atoms with Crippen LogP contribution in [-0.2, 0) is 19.7 Å². The zero-order valence-electron chi connectivity index (χ0n) is 12.5. The van der Waals surface area contributed by atoms with Crippen LogP contribution in [0, 0.1) is 5.92 Å². The van der Waals surface area contributed by atoms with E-state index in [-0.39, 0.29) is 5.92 Å². The standard InChI is InChI=1S/C12H26N2O4S/c1-6-8-14(9-7-2)19(16,17)13-11(10(3)4)12(15)18-5/h10-11,13H,6-9H2,1-5H3. The monoisotopic (exact) mass is 294 g/mol. The minimum atomic E-state index is -3.66. The number of hydrogen-bond acceptors (Lipinski definition) is 4. The summed E-state index contributed by atoms with van der Waals surface area (Å²) in [5.41, 5.74) is 0. The lowest BCUT2D eigenvalue weighted by atomic mass is 10.1. The Morgan fingerprint density at radius 3 is 2.00 bits per heavy atom. The van der Waals surface area contributed by atoms with Gasteiger partial charge in [0.25, 0.3) is 10.2 Å². The van der Waals surface area contributed by atoms with Crippen LogP contribution in [0.1, 0.15) is 40.5 Å². The Balaban J connectivity index is 5.01. The van der Waals surface area contributed by atoms with E-state index in [2.05, 4.69) is 9.46 Å². The number of carbonyl (C=O) groups is 1. The lowest BCUT2D eigenvalue weighted by molar-refractivity contribution is -0.143. The molecule has 0 aliphatic carbocycles. The third-order valence-corrected chi connectivity index (χ3v) is 4.28. The van der Waals surface area contributed by atoms with Gasteiger partial charge >= 0.3 is 5.97 Å². The first-order valence-corrected chi connectivity index (χ1v) is 8.09. The van der Waals surface area contributed by atoms with Crippen LogP contribution in [0.5, 0.6) is 0 Å². The van der Waals surface area contributed by atoms with E-state index in [1.54, 1.807) is 13.8 Å². The fraction of sp³-hybridized carbons (Fsp3) is 0.917. The first-order chi connectivity index (χ1) is 8.80. The highest BCUT2D eigenvalue weighted by Crippen LogP contribution is 2.09. The van der Waals surface area contributed by atoms with E-state index in [4.69, 9.17) is 0 Å². The van der Waals surface area contributed by atoms with Gasteiger partial charge in [0.05, 0.1) is 7.11 Å². The molecular weight excluding hydrogens is 268 g/mol. The molecule has 0 fully saturated rings. The average Bonchev–Trinajstić information content (AvgIpc) is 2.34. The van der Waals surface area contributed by atoms with Crippen molar-refractivity contribution in [2.24, 2.45) is 5.92 Å². The lowest BCUT2D eigenvalue weighted by Crippen LogP contribution is -2.51. The summed E-state index contributed by atoms with van der Waals surface area (Å²) < 4.78 is 32.9. The number of ether oxygens (including phenoxy) is 1. The molecule has 0 saturated heterocycles. The van der Waals surface area contributed by atoms with Gasteiger partial charge in [-0.1, -0.05) is 27.7 Å². The van der Waals surface area contributed by atoms with Gasteiger partial charge < -0.3 is 4.74 Å². The first kappa shape index (κ1) is 18.3.